The summed E-state index contributed by atoms with van der Waals surface area (Å²) in [7, 11) is 0. The maximum atomic E-state index is 9.85. The summed E-state index contributed by atoms with van der Waals surface area (Å²) in [5.74, 6) is 0. The molecule has 1 aliphatic rings. The second-order valence-corrected chi connectivity index (χ2v) is 3.63. The van der Waals surface area contributed by atoms with E-state index in [1.54, 1.807) is 0 Å². The molecule has 1 aliphatic carbocycles. The van der Waals surface area contributed by atoms with Crippen molar-refractivity contribution < 1.29 is 5.11 Å². The number of fused-ring (bicyclic) bond motifs is 1. The lowest BCUT2D eigenvalue weighted by Crippen LogP contribution is -2.11. The van der Waals surface area contributed by atoms with Crippen LogP contribution in [0.3, 0.4) is 0 Å². The third-order valence-electron chi connectivity index (χ3n) is 2.58. The summed E-state index contributed by atoms with van der Waals surface area (Å²) in [6.07, 6.45) is 6.10. The van der Waals surface area contributed by atoms with Gasteiger partial charge in [0.05, 0.1) is 6.10 Å². The third kappa shape index (κ3) is 2.01. The molecule has 0 aliphatic heterocycles. The average Bonchev–Trinajstić information content (AvgIpc) is 2.28. The van der Waals surface area contributed by atoms with Crippen LogP contribution < -0.4 is 5.73 Å². The van der Waals surface area contributed by atoms with Gasteiger partial charge >= 0.3 is 0 Å². The monoisotopic (exact) mass is 201 g/mol. The van der Waals surface area contributed by atoms with E-state index in [0.717, 1.165) is 23.1 Å². The van der Waals surface area contributed by atoms with Gasteiger partial charge in [0.2, 0.25) is 0 Å². The van der Waals surface area contributed by atoms with E-state index in [0.29, 0.717) is 6.54 Å². The molecule has 1 atom stereocenters. The highest BCUT2D eigenvalue weighted by atomic mass is 16.3. The van der Waals surface area contributed by atoms with Crippen LogP contribution in [0.4, 0.5) is 0 Å². The van der Waals surface area contributed by atoms with E-state index in [1.165, 1.54) is 0 Å². The minimum Gasteiger partial charge on any atom is -0.384 e. The first kappa shape index (κ1) is 10.1. The molecule has 1 aromatic rings. The van der Waals surface area contributed by atoms with Gasteiger partial charge in [0.25, 0.3) is 0 Å². The Morgan fingerprint density at radius 2 is 2.13 bits per heavy atom. The van der Waals surface area contributed by atoms with Crippen molar-refractivity contribution in [2.75, 3.05) is 6.54 Å². The van der Waals surface area contributed by atoms with Gasteiger partial charge in [-0.3, -0.25) is 0 Å². The number of nitrogens with two attached hydrogens (primary N) is 1. The smallest absolute Gasteiger partial charge is 0.0977 e. The van der Waals surface area contributed by atoms with Gasteiger partial charge in [0.15, 0.2) is 0 Å². The molecule has 0 radical (unpaired) electrons. The Balaban J connectivity index is 2.42. The Labute approximate surface area is 89.7 Å². The summed E-state index contributed by atoms with van der Waals surface area (Å²) >= 11 is 0. The zero-order valence-electron chi connectivity index (χ0n) is 8.56. The normalized spacial score (nSPS) is 21.7. The van der Waals surface area contributed by atoms with Crippen molar-refractivity contribution in [3.05, 3.63) is 47.5 Å². The van der Waals surface area contributed by atoms with Gasteiger partial charge in [0.1, 0.15) is 0 Å². The third-order valence-corrected chi connectivity index (χ3v) is 2.58. The first-order valence-electron chi connectivity index (χ1n) is 5.18. The van der Waals surface area contributed by atoms with E-state index < -0.39 is 6.10 Å². The van der Waals surface area contributed by atoms with Crippen molar-refractivity contribution >= 4 is 11.6 Å². The van der Waals surface area contributed by atoms with Gasteiger partial charge in [0, 0.05) is 0 Å². The largest absolute Gasteiger partial charge is 0.384 e. The fraction of sp³-hybridized carbons (Fsp3) is 0.231. The molecule has 3 N–H and O–H groups in total. The Morgan fingerprint density at radius 1 is 1.33 bits per heavy atom. The molecular formula is C13H15NO. The summed E-state index contributed by atoms with van der Waals surface area (Å²) in [5, 5.41) is 9.85. The fourth-order valence-electron chi connectivity index (χ4n) is 1.83. The Bertz CT molecular complexity index is 407. The Hall–Kier alpha value is -1.38. The van der Waals surface area contributed by atoms with E-state index >= 15 is 0 Å². The van der Waals surface area contributed by atoms with Crippen molar-refractivity contribution in [2.45, 2.75) is 12.5 Å². The summed E-state index contributed by atoms with van der Waals surface area (Å²) in [5.41, 5.74) is 8.71. The number of benzene rings is 1. The summed E-state index contributed by atoms with van der Waals surface area (Å²) in [6, 6.07) is 8.07. The molecule has 0 saturated carbocycles. The quantitative estimate of drug-likeness (QED) is 0.766. The molecule has 1 aromatic carbocycles. The van der Waals surface area contributed by atoms with Gasteiger partial charge in [-0.2, -0.15) is 0 Å². The maximum Gasteiger partial charge on any atom is 0.0977 e. The molecular weight excluding hydrogens is 186 g/mol. The molecule has 2 heteroatoms. The number of aliphatic hydroxyl groups is 1. The summed E-state index contributed by atoms with van der Waals surface area (Å²) in [6.45, 7) is 0.613. The zero-order valence-corrected chi connectivity index (χ0v) is 8.56. The SMILES string of the molecule is NCCC=C1c2ccccc2C=CC1O. The number of hydrogen-bond acceptors (Lipinski definition) is 2. The molecule has 2 nitrogen and oxygen atoms in total. The number of hydrogen-bond donors (Lipinski definition) is 2. The Morgan fingerprint density at radius 3 is 2.93 bits per heavy atom. The molecule has 78 valence electrons. The fourth-order valence-corrected chi connectivity index (χ4v) is 1.83. The highest BCUT2D eigenvalue weighted by Crippen LogP contribution is 2.29. The molecule has 0 spiro atoms. The molecule has 0 amide bonds. The van der Waals surface area contributed by atoms with Crippen LogP contribution in [0.25, 0.3) is 11.6 Å². The van der Waals surface area contributed by atoms with Crippen molar-refractivity contribution in [1.82, 2.24) is 0 Å². The molecule has 2 rings (SSSR count). The first-order chi connectivity index (χ1) is 7.33. The lowest BCUT2D eigenvalue weighted by molar-refractivity contribution is 0.280. The topological polar surface area (TPSA) is 46.2 Å². The molecule has 0 saturated heterocycles. The highest BCUT2D eigenvalue weighted by molar-refractivity contribution is 5.81. The van der Waals surface area contributed by atoms with E-state index in [9.17, 15) is 5.11 Å². The maximum absolute atomic E-state index is 9.85. The van der Waals surface area contributed by atoms with Crippen LogP contribution >= 0.6 is 0 Å². The van der Waals surface area contributed by atoms with Crippen LogP contribution in [0.1, 0.15) is 17.5 Å². The second kappa shape index (κ2) is 4.43. The van der Waals surface area contributed by atoms with Crippen molar-refractivity contribution in [1.29, 1.82) is 0 Å². The predicted molar refractivity (Wildman–Crippen MR) is 63.1 cm³/mol. The minimum absolute atomic E-state index is 0.494. The van der Waals surface area contributed by atoms with Crippen LogP contribution in [0.15, 0.2) is 36.4 Å². The van der Waals surface area contributed by atoms with Crippen LogP contribution in [-0.2, 0) is 0 Å². The standard InChI is InChI=1S/C13H15NO/c14-9-3-6-12-11-5-2-1-4-10(11)7-8-13(12)15/h1-2,4-8,13,15H,3,9,14H2. The number of rotatable bonds is 2. The summed E-state index contributed by atoms with van der Waals surface area (Å²) in [4.78, 5) is 0. The lowest BCUT2D eigenvalue weighted by Gasteiger charge is -2.19. The molecule has 0 aromatic heterocycles. The second-order valence-electron chi connectivity index (χ2n) is 3.63. The van der Waals surface area contributed by atoms with Crippen LogP contribution in [0.2, 0.25) is 0 Å². The van der Waals surface area contributed by atoms with Gasteiger partial charge in [-0.25, -0.2) is 0 Å². The first-order valence-corrected chi connectivity index (χ1v) is 5.18. The average molecular weight is 201 g/mol. The summed E-state index contributed by atoms with van der Waals surface area (Å²) < 4.78 is 0. The van der Waals surface area contributed by atoms with Gasteiger partial charge < -0.3 is 10.8 Å². The van der Waals surface area contributed by atoms with Gasteiger partial charge in [-0.05, 0) is 29.7 Å². The minimum atomic E-state index is -0.494. The number of aliphatic hydroxyl groups excluding tert-OH is 1. The van der Waals surface area contributed by atoms with Crippen molar-refractivity contribution in [2.24, 2.45) is 5.73 Å². The van der Waals surface area contributed by atoms with E-state index in [4.69, 9.17) is 5.73 Å². The van der Waals surface area contributed by atoms with Crippen LogP contribution in [-0.4, -0.2) is 17.8 Å². The zero-order chi connectivity index (χ0) is 10.7. The molecule has 0 heterocycles. The lowest BCUT2D eigenvalue weighted by atomic mass is 9.90. The van der Waals surface area contributed by atoms with Crippen LogP contribution in [0, 0.1) is 0 Å². The van der Waals surface area contributed by atoms with Gasteiger partial charge in [-0.15, -0.1) is 0 Å². The van der Waals surface area contributed by atoms with E-state index in [-0.39, 0.29) is 0 Å². The van der Waals surface area contributed by atoms with Crippen molar-refractivity contribution in [3.63, 3.8) is 0 Å². The van der Waals surface area contributed by atoms with Crippen molar-refractivity contribution in [3.8, 4) is 0 Å². The van der Waals surface area contributed by atoms with Crippen LogP contribution in [0.5, 0.6) is 0 Å². The predicted octanol–water partition coefficient (Wildman–Crippen LogP) is 1.81. The van der Waals surface area contributed by atoms with Gasteiger partial charge in [-0.1, -0.05) is 42.5 Å². The van der Waals surface area contributed by atoms with E-state index in [2.05, 4.69) is 0 Å². The molecule has 0 bridgehead atoms. The Kier molecular flexibility index (Phi) is 2.99. The molecule has 1 unspecified atom stereocenters. The molecule has 0 fully saturated rings. The molecule has 15 heavy (non-hydrogen) atoms. The highest BCUT2D eigenvalue weighted by Gasteiger charge is 2.16. The van der Waals surface area contributed by atoms with E-state index in [1.807, 2.05) is 42.5 Å².